The molecule has 0 unspecified atom stereocenters. The lowest BCUT2D eigenvalue weighted by atomic mass is 9.89. The van der Waals surface area contributed by atoms with Gasteiger partial charge in [-0.15, -0.1) is 0 Å². The van der Waals surface area contributed by atoms with Crippen LogP contribution in [-0.4, -0.2) is 12.1 Å². The van der Waals surface area contributed by atoms with Crippen molar-refractivity contribution in [3.05, 3.63) is 29.3 Å². The molecule has 0 aromatic heterocycles. The number of hydrogen-bond acceptors (Lipinski definition) is 2. The fourth-order valence-electron chi connectivity index (χ4n) is 2.66. The number of nitrogens with one attached hydrogen (secondary N) is 1. The van der Waals surface area contributed by atoms with Gasteiger partial charge in [-0.1, -0.05) is 20.8 Å². The van der Waals surface area contributed by atoms with E-state index >= 15 is 0 Å². The Balaban J connectivity index is 2.03. The highest BCUT2D eigenvalue weighted by Gasteiger charge is 2.22. The molecule has 0 spiro atoms. The van der Waals surface area contributed by atoms with Crippen molar-refractivity contribution in [2.75, 3.05) is 0 Å². The van der Waals surface area contributed by atoms with Gasteiger partial charge in [0.1, 0.15) is 0 Å². The molecule has 0 aliphatic heterocycles. The van der Waals surface area contributed by atoms with E-state index in [1.165, 1.54) is 12.1 Å². The van der Waals surface area contributed by atoms with Crippen LogP contribution in [0.25, 0.3) is 0 Å². The topological polar surface area (TPSA) is 21.3 Å². The maximum absolute atomic E-state index is 14.1. The number of rotatable bonds is 5. The summed E-state index contributed by atoms with van der Waals surface area (Å²) in [6, 6.07) is 3.00. The molecule has 0 bridgehead atoms. The Morgan fingerprint density at radius 1 is 1.14 bits per heavy atom. The van der Waals surface area contributed by atoms with Crippen LogP contribution < -0.4 is 10.1 Å². The molecule has 0 atom stereocenters. The van der Waals surface area contributed by atoms with E-state index in [1.807, 2.05) is 13.8 Å². The first kappa shape index (κ1) is 16.2. The second-order valence-electron chi connectivity index (χ2n) is 6.42. The molecule has 1 aromatic rings. The summed E-state index contributed by atoms with van der Waals surface area (Å²) in [6.45, 7) is 6.64. The van der Waals surface area contributed by atoms with Crippen molar-refractivity contribution in [3.63, 3.8) is 0 Å². The highest BCUT2D eigenvalue weighted by Crippen LogP contribution is 2.30. The van der Waals surface area contributed by atoms with Crippen LogP contribution in [0.5, 0.6) is 5.75 Å². The molecule has 21 heavy (non-hydrogen) atoms. The molecule has 0 amide bonds. The molecule has 0 heterocycles. The Morgan fingerprint density at radius 2 is 1.71 bits per heavy atom. The van der Waals surface area contributed by atoms with E-state index in [9.17, 15) is 8.78 Å². The van der Waals surface area contributed by atoms with Gasteiger partial charge in [0.15, 0.2) is 17.4 Å². The molecule has 1 saturated carbocycles. The van der Waals surface area contributed by atoms with Crippen LogP contribution in [0.3, 0.4) is 0 Å². The third-order valence-electron chi connectivity index (χ3n) is 4.02. The van der Waals surface area contributed by atoms with E-state index in [0.717, 1.165) is 25.7 Å². The minimum atomic E-state index is -0.603. The number of halogens is 2. The predicted molar refractivity (Wildman–Crippen MR) is 80.4 cm³/mol. The monoisotopic (exact) mass is 297 g/mol. The first-order chi connectivity index (χ1) is 9.95. The van der Waals surface area contributed by atoms with Gasteiger partial charge in [-0.2, -0.15) is 0 Å². The Labute approximate surface area is 125 Å². The summed E-state index contributed by atoms with van der Waals surface area (Å²) in [5.74, 6) is -0.741. The summed E-state index contributed by atoms with van der Waals surface area (Å²) in [5.41, 5.74) is 0.600. The van der Waals surface area contributed by atoms with E-state index in [-0.39, 0.29) is 17.9 Å². The van der Waals surface area contributed by atoms with Gasteiger partial charge >= 0.3 is 0 Å². The first-order valence-electron chi connectivity index (χ1n) is 7.83. The molecule has 1 fully saturated rings. The average molecular weight is 297 g/mol. The lowest BCUT2D eigenvalue weighted by molar-refractivity contribution is 0.124. The summed E-state index contributed by atoms with van der Waals surface area (Å²) in [7, 11) is 0. The highest BCUT2D eigenvalue weighted by atomic mass is 19.1. The van der Waals surface area contributed by atoms with Crippen LogP contribution in [0.4, 0.5) is 8.78 Å². The summed E-state index contributed by atoms with van der Waals surface area (Å²) in [5, 5.41) is 3.15. The molecule has 1 aliphatic carbocycles. The standard InChI is InChI=1S/C17H25F2NO/c1-11(2)20-10-13-8-15(18)17(16(19)9-13)21-14-6-4-12(3)5-7-14/h8-9,11-12,14,20H,4-7,10H2,1-3H3. The lowest BCUT2D eigenvalue weighted by Gasteiger charge is -2.27. The summed E-state index contributed by atoms with van der Waals surface area (Å²) >= 11 is 0. The van der Waals surface area contributed by atoms with Crippen LogP contribution in [0.2, 0.25) is 0 Å². The number of hydrogen-bond donors (Lipinski definition) is 1. The van der Waals surface area contributed by atoms with E-state index in [4.69, 9.17) is 4.74 Å². The van der Waals surface area contributed by atoms with Gasteiger partial charge in [-0.25, -0.2) is 8.78 Å². The molecule has 118 valence electrons. The van der Waals surface area contributed by atoms with Crippen LogP contribution in [-0.2, 0) is 6.54 Å². The molecule has 0 radical (unpaired) electrons. The van der Waals surface area contributed by atoms with Gasteiger partial charge in [0.05, 0.1) is 6.10 Å². The summed E-state index contributed by atoms with van der Waals surface area (Å²) in [6.07, 6.45) is 3.80. The normalized spacial score (nSPS) is 22.6. The smallest absolute Gasteiger partial charge is 0.191 e. The van der Waals surface area contributed by atoms with Crippen molar-refractivity contribution in [2.24, 2.45) is 5.92 Å². The molecule has 4 heteroatoms. The van der Waals surface area contributed by atoms with Gasteiger partial charge in [0.25, 0.3) is 0 Å². The largest absolute Gasteiger partial charge is 0.484 e. The van der Waals surface area contributed by atoms with Crippen molar-refractivity contribution in [2.45, 2.75) is 65.1 Å². The molecule has 1 N–H and O–H groups in total. The number of ether oxygens (including phenoxy) is 1. The van der Waals surface area contributed by atoms with E-state index < -0.39 is 11.6 Å². The summed E-state index contributed by atoms with van der Waals surface area (Å²) < 4.78 is 33.7. The Kier molecular flexibility index (Phi) is 5.57. The average Bonchev–Trinajstić information content (AvgIpc) is 2.42. The second kappa shape index (κ2) is 7.21. The fraction of sp³-hybridized carbons (Fsp3) is 0.647. The SMILES string of the molecule is CC1CCC(Oc2c(F)cc(CNC(C)C)cc2F)CC1. The minimum absolute atomic E-state index is 0.0650. The van der Waals surface area contributed by atoms with Gasteiger partial charge < -0.3 is 10.1 Å². The van der Waals surface area contributed by atoms with E-state index in [2.05, 4.69) is 12.2 Å². The van der Waals surface area contributed by atoms with Crippen molar-refractivity contribution < 1.29 is 13.5 Å². The maximum Gasteiger partial charge on any atom is 0.191 e. The second-order valence-corrected chi connectivity index (χ2v) is 6.42. The van der Waals surface area contributed by atoms with E-state index in [1.54, 1.807) is 0 Å². The zero-order valence-corrected chi connectivity index (χ0v) is 13.1. The Morgan fingerprint density at radius 3 is 2.24 bits per heavy atom. The van der Waals surface area contributed by atoms with Crippen molar-refractivity contribution in [1.82, 2.24) is 5.32 Å². The third-order valence-corrected chi connectivity index (χ3v) is 4.02. The van der Waals surface area contributed by atoms with Crippen LogP contribution in [0, 0.1) is 17.6 Å². The quantitative estimate of drug-likeness (QED) is 0.868. The Bertz CT molecular complexity index is 445. The van der Waals surface area contributed by atoms with Crippen LogP contribution in [0.1, 0.15) is 52.0 Å². The van der Waals surface area contributed by atoms with Gasteiger partial charge in [0, 0.05) is 12.6 Å². The van der Waals surface area contributed by atoms with Gasteiger partial charge in [0.2, 0.25) is 0 Å². The fourth-order valence-corrected chi connectivity index (χ4v) is 2.66. The zero-order chi connectivity index (χ0) is 15.4. The summed E-state index contributed by atoms with van der Waals surface area (Å²) in [4.78, 5) is 0. The molecular weight excluding hydrogens is 272 g/mol. The van der Waals surface area contributed by atoms with Crippen molar-refractivity contribution in [1.29, 1.82) is 0 Å². The molecule has 1 aromatic carbocycles. The molecule has 2 rings (SSSR count). The van der Waals surface area contributed by atoms with Crippen LogP contribution in [0.15, 0.2) is 12.1 Å². The van der Waals surface area contributed by atoms with Crippen LogP contribution >= 0.6 is 0 Å². The van der Waals surface area contributed by atoms with Gasteiger partial charge in [-0.3, -0.25) is 0 Å². The first-order valence-corrected chi connectivity index (χ1v) is 7.83. The minimum Gasteiger partial charge on any atom is -0.484 e. The highest BCUT2D eigenvalue weighted by molar-refractivity contribution is 5.31. The van der Waals surface area contributed by atoms with E-state index in [0.29, 0.717) is 18.0 Å². The molecule has 0 saturated heterocycles. The Hall–Kier alpha value is -1.16. The van der Waals surface area contributed by atoms with Gasteiger partial charge in [-0.05, 0) is 49.3 Å². The zero-order valence-electron chi connectivity index (χ0n) is 13.1. The lowest BCUT2D eigenvalue weighted by Crippen LogP contribution is -2.24. The maximum atomic E-state index is 14.1. The molecular formula is C17H25F2NO. The van der Waals surface area contributed by atoms with Crippen molar-refractivity contribution in [3.8, 4) is 5.75 Å². The predicted octanol–water partition coefficient (Wildman–Crippen LogP) is 4.42. The molecule has 1 aliphatic rings. The van der Waals surface area contributed by atoms with Crippen molar-refractivity contribution >= 4 is 0 Å². The third kappa shape index (κ3) is 4.67. The molecule has 2 nitrogen and oxygen atoms in total. The number of benzene rings is 1.